The molecule has 6 heteroatoms. The molecule has 1 unspecified atom stereocenters. The van der Waals surface area contributed by atoms with Crippen molar-refractivity contribution in [1.29, 1.82) is 0 Å². The third kappa shape index (κ3) is 2.59. The molecule has 1 aliphatic heterocycles. The lowest BCUT2D eigenvalue weighted by Gasteiger charge is -2.32. The molecule has 5 nitrogen and oxygen atoms in total. The Hall–Kier alpha value is -1.69. The van der Waals surface area contributed by atoms with Gasteiger partial charge in [-0.05, 0) is 43.6 Å². The van der Waals surface area contributed by atoms with Gasteiger partial charge in [-0.15, -0.1) is 11.3 Å². The fourth-order valence-electron chi connectivity index (χ4n) is 3.88. The summed E-state index contributed by atoms with van der Waals surface area (Å²) in [7, 11) is 0. The van der Waals surface area contributed by atoms with E-state index in [0.29, 0.717) is 0 Å². The Balaban J connectivity index is 1.71. The summed E-state index contributed by atoms with van der Waals surface area (Å²) in [5.74, 6) is 1.64. The number of hydrogen-bond donors (Lipinski definition) is 1. The summed E-state index contributed by atoms with van der Waals surface area (Å²) in [4.78, 5) is 25.4. The molecule has 0 saturated carbocycles. The molecule has 2 aromatic heterocycles. The number of aromatic nitrogens is 2. The van der Waals surface area contributed by atoms with Crippen molar-refractivity contribution in [2.45, 2.75) is 39.0 Å². The molecule has 122 valence electrons. The average Bonchev–Trinajstić information content (AvgIpc) is 2.93. The maximum atomic E-state index is 11.4. The highest BCUT2D eigenvalue weighted by Crippen LogP contribution is 2.41. The summed E-state index contributed by atoms with van der Waals surface area (Å²) >= 11 is 1.83. The van der Waals surface area contributed by atoms with Gasteiger partial charge in [-0.1, -0.05) is 6.92 Å². The standard InChI is InChI=1S/C17H22N4OS/c1-10-2-3-13-12(8-10)14-16(19-9-20-17(14)23-13)21-6-4-11(5-7-21)15(18)22/h9-11H,2-8H2,1H3,(H2,18,22). The van der Waals surface area contributed by atoms with Gasteiger partial charge in [-0.25, -0.2) is 9.97 Å². The van der Waals surface area contributed by atoms with Gasteiger partial charge in [0.1, 0.15) is 17.0 Å². The van der Waals surface area contributed by atoms with Crippen LogP contribution in [0.15, 0.2) is 6.33 Å². The Morgan fingerprint density at radius 2 is 2.09 bits per heavy atom. The minimum atomic E-state index is -0.167. The Morgan fingerprint density at radius 1 is 1.30 bits per heavy atom. The van der Waals surface area contributed by atoms with E-state index in [2.05, 4.69) is 21.8 Å². The lowest BCUT2D eigenvalue weighted by molar-refractivity contribution is -0.122. The van der Waals surface area contributed by atoms with Gasteiger partial charge in [-0.2, -0.15) is 0 Å². The molecule has 1 saturated heterocycles. The van der Waals surface area contributed by atoms with Gasteiger partial charge in [0.05, 0.1) is 5.39 Å². The number of aryl methyl sites for hydroxylation is 1. The maximum absolute atomic E-state index is 11.4. The van der Waals surface area contributed by atoms with Crippen LogP contribution in [0.3, 0.4) is 0 Å². The molecular weight excluding hydrogens is 308 g/mol. The quantitative estimate of drug-likeness (QED) is 0.918. The fraction of sp³-hybridized carbons (Fsp3) is 0.588. The van der Waals surface area contributed by atoms with Crippen molar-refractivity contribution >= 4 is 33.3 Å². The van der Waals surface area contributed by atoms with E-state index in [4.69, 9.17) is 5.73 Å². The highest BCUT2D eigenvalue weighted by molar-refractivity contribution is 7.19. The van der Waals surface area contributed by atoms with Gasteiger partial charge in [0, 0.05) is 23.9 Å². The number of primary amides is 1. The number of amides is 1. The van der Waals surface area contributed by atoms with Gasteiger partial charge in [0.15, 0.2) is 0 Å². The number of piperidine rings is 1. The molecule has 1 atom stereocenters. The van der Waals surface area contributed by atoms with Crippen molar-refractivity contribution in [3.8, 4) is 0 Å². The molecule has 0 radical (unpaired) electrons. The molecule has 2 aliphatic rings. The van der Waals surface area contributed by atoms with E-state index in [1.807, 2.05) is 11.3 Å². The first-order valence-corrected chi connectivity index (χ1v) is 9.24. The Bertz CT molecular complexity index is 748. The van der Waals surface area contributed by atoms with Crippen molar-refractivity contribution in [2.75, 3.05) is 18.0 Å². The monoisotopic (exact) mass is 330 g/mol. The lowest BCUT2D eigenvalue weighted by Crippen LogP contribution is -2.39. The SMILES string of the molecule is CC1CCc2sc3ncnc(N4CCC(C(N)=O)CC4)c3c2C1. The summed E-state index contributed by atoms with van der Waals surface area (Å²) < 4.78 is 0. The summed E-state index contributed by atoms with van der Waals surface area (Å²) in [5, 5.41) is 1.26. The minimum Gasteiger partial charge on any atom is -0.369 e. The molecule has 1 fully saturated rings. The van der Waals surface area contributed by atoms with E-state index in [1.165, 1.54) is 28.7 Å². The van der Waals surface area contributed by atoms with Crippen LogP contribution in [0.2, 0.25) is 0 Å². The zero-order chi connectivity index (χ0) is 16.0. The Morgan fingerprint density at radius 3 is 2.83 bits per heavy atom. The van der Waals surface area contributed by atoms with Crippen molar-refractivity contribution in [2.24, 2.45) is 17.6 Å². The molecule has 3 heterocycles. The second kappa shape index (κ2) is 5.74. The van der Waals surface area contributed by atoms with E-state index in [-0.39, 0.29) is 11.8 Å². The number of carbonyl (C=O) groups excluding carboxylic acids is 1. The van der Waals surface area contributed by atoms with E-state index in [9.17, 15) is 4.79 Å². The first-order valence-electron chi connectivity index (χ1n) is 8.43. The zero-order valence-corrected chi connectivity index (χ0v) is 14.2. The predicted octanol–water partition coefficient (Wildman–Crippen LogP) is 2.52. The zero-order valence-electron chi connectivity index (χ0n) is 13.4. The van der Waals surface area contributed by atoms with Gasteiger partial charge in [-0.3, -0.25) is 4.79 Å². The molecule has 1 aliphatic carbocycles. The van der Waals surface area contributed by atoms with Gasteiger partial charge < -0.3 is 10.6 Å². The first kappa shape index (κ1) is 14.9. The predicted molar refractivity (Wildman–Crippen MR) is 92.7 cm³/mol. The molecule has 4 rings (SSSR count). The van der Waals surface area contributed by atoms with Crippen molar-refractivity contribution < 1.29 is 4.79 Å². The van der Waals surface area contributed by atoms with Crippen molar-refractivity contribution in [3.05, 3.63) is 16.8 Å². The molecule has 1 amide bonds. The van der Waals surface area contributed by atoms with E-state index < -0.39 is 0 Å². The molecule has 2 aromatic rings. The van der Waals surface area contributed by atoms with Crippen LogP contribution >= 0.6 is 11.3 Å². The number of thiophene rings is 1. The summed E-state index contributed by atoms with van der Waals surface area (Å²) in [6, 6.07) is 0. The Kier molecular flexibility index (Phi) is 3.71. The van der Waals surface area contributed by atoms with Crippen LogP contribution in [0.1, 0.15) is 36.6 Å². The number of nitrogens with two attached hydrogens (primary N) is 1. The topological polar surface area (TPSA) is 72.1 Å². The van der Waals surface area contributed by atoms with Gasteiger partial charge >= 0.3 is 0 Å². The maximum Gasteiger partial charge on any atom is 0.220 e. The van der Waals surface area contributed by atoms with Crippen LogP contribution in [-0.2, 0) is 17.6 Å². The Labute approximate surface area is 139 Å². The van der Waals surface area contributed by atoms with Crippen LogP contribution in [-0.4, -0.2) is 29.0 Å². The molecule has 0 aromatic carbocycles. The van der Waals surface area contributed by atoms with E-state index in [1.54, 1.807) is 6.33 Å². The number of carbonyl (C=O) groups is 1. The van der Waals surface area contributed by atoms with Crippen LogP contribution < -0.4 is 10.6 Å². The van der Waals surface area contributed by atoms with E-state index in [0.717, 1.165) is 48.9 Å². The van der Waals surface area contributed by atoms with Crippen LogP contribution in [0.4, 0.5) is 5.82 Å². The molecule has 0 bridgehead atoms. The highest BCUT2D eigenvalue weighted by atomic mass is 32.1. The molecule has 23 heavy (non-hydrogen) atoms. The minimum absolute atomic E-state index is 0.0139. The fourth-order valence-corrected chi connectivity index (χ4v) is 5.06. The summed E-state index contributed by atoms with van der Waals surface area (Å²) in [6.07, 6.45) is 6.90. The number of hydrogen-bond acceptors (Lipinski definition) is 5. The molecule has 0 spiro atoms. The van der Waals surface area contributed by atoms with Crippen LogP contribution in [0.25, 0.3) is 10.2 Å². The number of anilines is 1. The number of rotatable bonds is 2. The summed E-state index contributed by atoms with van der Waals surface area (Å²) in [6.45, 7) is 4.02. The largest absolute Gasteiger partial charge is 0.369 e. The number of fused-ring (bicyclic) bond motifs is 3. The van der Waals surface area contributed by atoms with Crippen LogP contribution in [0, 0.1) is 11.8 Å². The van der Waals surface area contributed by atoms with Crippen molar-refractivity contribution in [1.82, 2.24) is 9.97 Å². The number of nitrogens with zero attached hydrogens (tertiary/aromatic N) is 3. The average molecular weight is 330 g/mol. The van der Waals surface area contributed by atoms with Crippen LogP contribution in [0.5, 0.6) is 0 Å². The molecule has 2 N–H and O–H groups in total. The summed E-state index contributed by atoms with van der Waals surface area (Å²) in [5.41, 5.74) is 6.92. The van der Waals surface area contributed by atoms with Gasteiger partial charge in [0.2, 0.25) is 5.91 Å². The lowest BCUT2D eigenvalue weighted by atomic mass is 9.88. The van der Waals surface area contributed by atoms with Gasteiger partial charge in [0.25, 0.3) is 0 Å². The van der Waals surface area contributed by atoms with Crippen molar-refractivity contribution in [3.63, 3.8) is 0 Å². The second-order valence-corrected chi connectivity index (χ2v) is 7.98. The smallest absolute Gasteiger partial charge is 0.220 e. The third-order valence-corrected chi connectivity index (χ3v) is 6.46. The molecular formula is C17H22N4OS. The second-order valence-electron chi connectivity index (χ2n) is 6.89. The first-order chi connectivity index (χ1) is 11.1. The third-order valence-electron chi connectivity index (χ3n) is 5.26. The highest BCUT2D eigenvalue weighted by Gasteiger charge is 2.28. The normalized spacial score (nSPS) is 22.3. The van der Waals surface area contributed by atoms with E-state index >= 15 is 0 Å².